The molecule has 1 aliphatic rings. The molecular formula is C16H23NO4. The lowest BCUT2D eigenvalue weighted by Gasteiger charge is -2.25. The number of methoxy groups -OCH3 is 1. The summed E-state index contributed by atoms with van der Waals surface area (Å²) >= 11 is 0. The van der Waals surface area contributed by atoms with Crippen molar-refractivity contribution in [3.8, 4) is 5.75 Å². The molecule has 116 valence electrons. The van der Waals surface area contributed by atoms with Crippen molar-refractivity contribution in [1.82, 2.24) is 5.32 Å². The molecule has 0 aromatic heterocycles. The monoisotopic (exact) mass is 293 g/mol. The molecule has 0 spiro atoms. The second-order valence-corrected chi connectivity index (χ2v) is 5.28. The Balaban J connectivity index is 2.02. The molecule has 5 nitrogen and oxygen atoms in total. The zero-order valence-corrected chi connectivity index (χ0v) is 12.6. The van der Waals surface area contributed by atoms with Gasteiger partial charge in [-0.15, -0.1) is 0 Å². The maximum Gasteiger partial charge on any atom is 0.260 e. The van der Waals surface area contributed by atoms with Gasteiger partial charge in [0.25, 0.3) is 5.91 Å². The van der Waals surface area contributed by atoms with Gasteiger partial charge in [-0.3, -0.25) is 4.79 Å². The van der Waals surface area contributed by atoms with Crippen molar-refractivity contribution in [2.75, 3.05) is 20.3 Å². The number of aliphatic hydroxyl groups excluding tert-OH is 1. The van der Waals surface area contributed by atoms with Crippen LogP contribution >= 0.6 is 0 Å². The van der Waals surface area contributed by atoms with Gasteiger partial charge >= 0.3 is 0 Å². The third-order valence-corrected chi connectivity index (χ3v) is 3.71. The molecule has 1 aliphatic carbocycles. The predicted molar refractivity (Wildman–Crippen MR) is 79.3 cm³/mol. The quantitative estimate of drug-likeness (QED) is 0.782. The molecule has 0 heterocycles. The highest BCUT2D eigenvalue weighted by molar-refractivity contribution is 5.80. The molecule has 0 bridgehead atoms. The second kappa shape index (κ2) is 7.43. The molecular weight excluding hydrogens is 270 g/mol. The van der Waals surface area contributed by atoms with Crippen LogP contribution in [0.3, 0.4) is 0 Å². The van der Waals surface area contributed by atoms with Gasteiger partial charge in [0.05, 0.1) is 12.7 Å². The first kappa shape index (κ1) is 15.8. The maximum atomic E-state index is 11.9. The van der Waals surface area contributed by atoms with Crippen LogP contribution in [0.15, 0.2) is 18.2 Å². The van der Waals surface area contributed by atoms with E-state index in [1.807, 2.05) is 18.2 Å². The summed E-state index contributed by atoms with van der Waals surface area (Å²) in [4.78, 5) is 11.9. The number of carbonyl (C=O) groups is 1. The van der Waals surface area contributed by atoms with Crippen LogP contribution in [0.5, 0.6) is 5.75 Å². The number of ether oxygens (including phenoxy) is 2. The van der Waals surface area contributed by atoms with Crippen molar-refractivity contribution in [2.45, 2.75) is 38.4 Å². The predicted octanol–water partition coefficient (Wildman–Crippen LogP) is 1.59. The van der Waals surface area contributed by atoms with Crippen molar-refractivity contribution >= 4 is 5.91 Å². The van der Waals surface area contributed by atoms with Gasteiger partial charge in [0, 0.05) is 13.7 Å². The Morgan fingerprint density at radius 2 is 2.33 bits per heavy atom. The lowest BCUT2D eigenvalue weighted by molar-refractivity contribution is -0.127. The third-order valence-electron chi connectivity index (χ3n) is 3.71. The van der Waals surface area contributed by atoms with E-state index in [1.54, 1.807) is 14.0 Å². The molecule has 2 atom stereocenters. The molecule has 0 radical (unpaired) electrons. The summed E-state index contributed by atoms with van der Waals surface area (Å²) in [6, 6.07) is 5.64. The van der Waals surface area contributed by atoms with Gasteiger partial charge in [0.1, 0.15) is 5.75 Å². The first-order chi connectivity index (χ1) is 10.1. The molecule has 0 saturated carbocycles. The number of fused-ring (bicyclic) bond motifs is 1. The van der Waals surface area contributed by atoms with E-state index in [4.69, 9.17) is 9.47 Å². The van der Waals surface area contributed by atoms with E-state index in [2.05, 4.69) is 5.32 Å². The average Bonchev–Trinajstić information content (AvgIpc) is 2.48. The van der Waals surface area contributed by atoms with Crippen molar-refractivity contribution in [3.05, 3.63) is 29.3 Å². The number of hydrogen-bond acceptors (Lipinski definition) is 4. The van der Waals surface area contributed by atoms with E-state index in [0.29, 0.717) is 18.9 Å². The highest BCUT2D eigenvalue weighted by atomic mass is 16.5. The number of hydrogen-bond donors (Lipinski definition) is 2. The lowest BCUT2D eigenvalue weighted by atomic mass is 9.89. The van der Waals surface area contributed by atoms with Crippen LogP contribution in [-0.2, 0) is 16.0 Å². The summed E-state index contributed by atoms with van der Waals surface area (Å²) in [5, 5.41) is 12.8. The summed E-state index contributed by atoms with van der Waals surface area (Å²) in [5.41, 5.74) is 1.94. The molecule has 21 heavy (non-hydrogen) atoms. The standard InChI is InChI=1S/C16H23NO4/c1-11(16(19)17-9-10-20-2)21-15-8-4-5-12-13(15)6-3-7-14(12)18/h4-5,8,11,14,18H,3,6-7,9-10H2,1-2H3,(H,17,19). The van der Waals surface area contributed by atoms with Crippen LogP contribution in [0.25, 0.3) is 0 Å². The van der Waals surface area contributed by atoms with Crippen molar-refractivity contribution in [3.63, 3.8) is 0 Å². The number of rotatable bonds is 6. The summed E-state index contributed by atoms with van der Waals surface area (Å²) in [5.74, 6) is 0.529. The molecule has 2 unspecified atom stereocenters. The molecule has 2 N–H and O–H groups in total. The Morgan fingerprint density at radius 1 is 1.52 bits per heavy atom. The van der Waals surface area contributed by atoms with E-state index in [9.17, 15) is 9.90 Å². The molecule has 0 fully saturated rings. The van der Waals surface area contributed by atoms with Gasteiger partial charge in [0.15, 0.2) is 6.10 Å². The topological polar surface area (TPSA) is 67.8 Å². The Kier molecular flexibility index (Phi) is 5.59. The van der Waals surface area contributed by atoms with E-state index in [1.165, 1.54) is 0 Å². The van der Waals surface area contributed by atoms with E-state index >= 15 is 0 Å². The van der Waals surface area contributed by atoms with Gasteiger partial charge in [-0.25, -0.2) is 0 Å². The highest BCUT2D eigenvalue weighted by Crippen LogP contribution is 2.35. The molecule has 0 aliphatic heterocycles. The highest BCUT2D eigenvalue weighted by Gasteiger charge is 2.23. The molecule has 1 aromatic carbocycles. The van der Waals surface area contributed by atoms with Gasteiger partial charge in [-0.05, 0) is 43.4 Å². The van der Waals surface area contributed by atoms with Gasteiger partial charge in [0.2, 0.25) is 0 Å². The van der Waals surface area contributed by atoms with Crippen LogP contribution in [-0.4, -0.2) is 37.4 Å². The fraction of sp³-hybridized carbons (Fsp3) is 0.562. The third kappa shape index (κ3) is 3.95. The molecule has 0 saturated heterocycles. The number of amides is 1. The van der Waals surface area contributed by atoms with E-state index < -0.39 is 12.2 Å². The Hall–Kier alpha value is -1.59. The Bertz CT molecular complexity index is 489. The maximum absolute atomic E-state index is 11.9. The van der Waals surface area contributed by atoms with Crippen LogP contribution in [0.1, 0.15) is 37.0 Å². The normalized spacial score (nSPS) is 18.7. The largest absolute Gasteiger partial charge is 0.481 e. The van der Waals surface area contributed by atoms with E-state index in [0.717, 1.165) is 30.4 Å². The summed E-state index contributed by atoms with van der Waals surface area (Å²) in [6.45, 7) is 2.67. The molecule has 2 rings (SSSR count). The van der Waals surface area contributed by atoms with Gasteiger partial charge < -0.3 is 19.9 Å². The summed E-state index contributed by atoms with van der Waals surface area (Å²) in [6.07, 6.45) is 1.59. The molecule has 5 heteroatoms. The molecule has 1 aromatic rings. The van der Waals surface area contributed by atoms with Crippen molar-refractivity contribution in [1.29, 1.82) is 0 Å². The van der Waals surface area contributed by atoms with Crippen LogP contribution in [0, 0.1) is 0 Å². The van der Waals surface area contributed by atoms with Crippen LogP contribution in [0.4, 0.5) is 0 Å². The minimum absolute atomic E-state index is 0.166. The zero-order valence-electron chi connectivity index (χ0n) is 12.6. The minimum Gasteiger partial charge on any atom is -0.481 e. The van der Waals surface area contributed by atoms with Crippen molar-refractivity contribution in [2.24, 2.45) is 0 Å². The van der Waals surface area contributed by atoms with Gasteiger partial charge in [-0.1, -0.05) is 12.1 Å². The van der Waals surface area contributed by atoms with Crippen LogP contribution < -0.4 is 10.1 Å². The molecule has 1 amide bonds. The first-order valence-electron chi connectivity index (χ1n) is 7.36. The number of nitrogens with one attached hydrogen (secondary N) is 1. The Morgan fingerprint density at radius 3 is 3.10 bits per heavy atom. The smallest absolute Gasteiger partial charge is 0.260 e. The van der Waals surface area contributed by atoms with Crippen molar-refractivity contribution < 1.29 is 19.4 Å². The Labute approximate surface area is 125 Å². The van der Waals surface area contributed by atoms with Crippen LogP contribution in [0.2, 0.25) is 0 Å². The van der Waals surface area contributed by atoms with E-state index in [-0.39, 0.29) is 5.91 Å². The number of benzene rings is 1. The number of carbonyl (C=O) groups excluding carboxylic acids is 1. The van der Waals surface area contributed by atoms with Gasteiger partial charge in [-0.2, -0.15) is 0 Å². The lowest BCUT2D eigenvalue weighted by Crippen LogP contribution is -2.38. The summed E-state index contributed by atoms with van der Waals surface area (Å²) < 4.78 is 10.7. The SMILES string of the molecule is COCCNC(=O)C(C)Oc1cccc2c1CCCC2O. The average molecular weight is 293 g/mol. The number of aliphatic hydroxyl groups is 1. The summed E-state index contributed by atoms with van der Waals surface area (Å²) in [7, 11) is 1.59. The second-order valence-electron chi connectivity index (χ2n) is 5.28. The zero-order chi connectivity index (χ0) is 15.2. The fourth-order valence-corrected chi connectivity index (χ4v) is 2.56. The first-order valence-corrected chi connectivity index (χ1v) is 7.36. The minimum atomic E-state index is -0.576. The fourth-order valence-electron chi connectivity index (χ4n) is 2.56.